The second-order valence-electron chi connectivity index (χ2n) is 3.04. The van der Waals surface area contributed by atoms with Crippen LogP contribution in [0.4, 0.5) is 5.69 Å². The van der Waals surface area contributed by atoms with Crippen molar-refractivity contribution in [1.82, 2.24) is 5.32 Å². The van der Waals surface area contributed by atoms with Crippen LogP contribution in [-0.4, -0.2) is 42.3 Å². The van der Waals surface area contributed by atoms with Gasteiger partial charge in [0.05, 0.1) is 6.54 Å². The van der Waals surface area contributed by atoms with Crippen LogP contribution < -0.4 is 10.6 Å². The Bertz CT molecular complexity index is 341. The maximum Gasteiger partial charge on any atom is 0.322 e. The lowest BCUT2D eigenvalue weighted by atomic mass is 10.3. The summed E-state index contributed by atoms with van der Waals surface area (Å²) in [4.78, 5) is 19.6. The summed E-state index contributed by atoms with van der Waals surface area (Å²) >= 11 is 0. The molecule has 0 spiro atoms. The number of carbonyl (C=O) groups is 2. The molecule has 94 valence electrons. The normalized spacial score (nSPS) is 8.76. The summed E-state index contributed by atoms with van der Waals surface area (Å²) in [5, 5.41) is 21.4. The Balaban J connectivity index is 0.000000366. The highest BCUT2D eigenvalue weighted by atomic mass is 16.4. The van der Waals surface area contributed by atoms with Gasteiger partial charge in [0.15, 0.2) is 0 Å². The van der Waals surface area contributed by atoms with Crippen molar-refractivity contribution in [3.63, 3.8) is 0 Å². The number of likely N-dealkylation sites (N-methyl/N-ethyl adjacent to an activating group) is 1. The summed E-state index contributed by atoms with van der Waals surface area (Å²) in [5.74, 6) is -1.67. The van der Waals surface area contributed by atoms with Gasteiger partial charge < -0.3 is 20.8 Å². The van der Waals surface area contributed by atoms with Gasteiger partial charge in [0, 0.05) is 5.69 Å². The lowest BCUT2D eigenvalue weighted by molar-refractivity contribution is -0.136. The van der Waals surface area contributed by atoms with Gasteiger partial charge in [-0.05, 0) is 19.2 Å². The minimum absolute atomic E-state index is 0.0377. The van der Waals surface area contributed by atoms with E-state index in [4.69, 9.17) is 10.2 Å². The minimum atomic E-state index is -0.853. The van der Waals surface area contributed by atoms with Crippen LogP contribution in [-0.2, 0) is 9.59 Å². The third kappa shape index (κ3) is 10.2. The number of hydrogen-bond donors (Lipinski definition) is 4. The summed E-state index contributed by atoms with van der Waals surface area (Å²) in [7, 11) is 1.59. The van der Waals surface area contributed by atoms with Gasteiger partial charge in [-0.15, -0.1) is 0 Å². The maximum absolute atomic E-state index is 10.1. The molecule has 6 heteroatoms. The molecule has 1 aromatic rings. The van der Waals surface area contributed by atoms with Crippen molar-refractivity contribution in [2.45, 2.75) is 0 Å². The number of hydrogen-bond acceptors (Lipinski definition) is 4. The van der Waals surface area contributed by atoms with Crippen LogP contribution in [0.25, 0.3) is 0 Å². The number of nitrogens with one attached hydrogen (secondary N) is 2. The van der Waals surface area contributed by atoms with E-state index in [2.05, 4.69) is 10.6 Å². The number of carboxylic acids is 2. The first-order chi connectivity index (χ1) is 8.06. The van der Waals surface area contributed by atoms with Crippen LogP contribution in [0.3, 0.4) is 0 Å². The smallest absolute Gasteiger partial charge is 0.322 e. The summed E-state index contributed by atoms with van der Waals surface area (Å²) in [6, 6.07) is 9.23. The van der Waals surface area contributed by atoms with E-state index in [-0.39, 0.29) is 13.1 Å². The van der Waals surface area contributed by atoms with Gasteiger partial charge in [-0.25, -0.2) is 0 Å². The number of benzene rings is 1. The molecule has 6 nitrogen and oxygen atoms in total. The van der Waals surface area contributed by atoms with E-state index in [1.54, 1.807) is 7.05 Å². The first-order valence-electron chi connectivity index (χ1n) is 4.93. The van der Waals surface area contributed by atoms with Crippen molar-refractivity contribution in [2.75, 3.05) is 25.5 Å². The van der Waals surface area contributed by atoms with E-state index in [1.165, 1.54) is 0 Å². The Morgan fingerprint density at radius 2 is 1.59 bits per heavy atom. The van der Waals surface area contributed by atoms with Crippen LogP contribution in [0.2, 0.25) is 0 Å². The molecule has 0 atom stereocenters. The van der Waals surface area contributed by atoms with Crippen LogP contribution in [0.1, 0.15) is 0 Å². The summed E-state index contributed by atoms with van der Waals surface area (Å²) < 4.78 is 0. The second-order valence-corrected chi connectivity index (χ2v) is 3.04. The molecule has 0 aliphatic carbocycles. The van der Waals surface area contributed by atoms with Crippen LogP contribution in [0, 0.1) is 0 Å². The quantitative estimate of drug-likeness (QED) is 0.597. The summed E-state index contributed by atoms with van der Waals surface area (Å²) in [5.41, 5.74) is 0.829. The zero-order valence-corrected chi connectivity index (χ0v) is 9.51. The van der Waals surface area contributed by atoms with E-state index in [9.17, 15) is 9.59 Å². The van der Waals surface area contributed by atoms with E-state index < -0.39 is 11.9 Å². The molecule has 0 radical (unpaired) electrons. The van der Waals surface area contributed by atoms with Crippen molar-refractivity contribution >= 4 is 17.6 Å². The van der Waals surface area contributed by atoms with Gasteiger partial charge in [-0.1, -0.05) is 18.2 Å². The Morgan fingerprint density at radius 1 is 1.06 bits per heavy atom. The Kier molecular flexibility index (Phi) is 8.05. The fraction of sp³-hybridized carbons (Fsp3) is 0.273. The highest BCUT2D eigenvalue weighted by molar-refractivity contribution is 5.72. The zero-order chi connectivity index (χ0) is 13.1. The number of para-hydroxylation sites is 1. The number of anilines is 1. The molecular formula is C11H16N2O4. The monoisotopic (exact) mass is 240 g/mol. The maximum atomic E-state index is 10.1. The number of carboxylic acid groups (broad SMARTS) is 2. The molecule has 0 aliphatic heterocycles. The Hall–Kier alpha value is -2.08. The first-order valence-corrected chi connectivity index (χ1v) is 4.93. The fourth-order valence-electron chi connectivity index (χ4n) is 0.885. The molecule has 0 aromatic heterocycles. The van der Waals surface area contributed by atoms with E-state index >= 15 is 0 Å². The van der Waals surface area contributed by atoms with Gasteiger partial charge in [0.2, 0.25) is 0 Å². The second kappa shape index (κ2) is 9.17. The highest BCUT2D eigenvalue weighted by Crippen LogP contribution is 2.03. The molecule has 0 saturated heterocycles. The van der Waals surface area contributed by atoms with Gasteiger partial charge in [0.25, 0.3) is 0 Å². The van der Waals surface area contributed by atoms with Gasteiger partial charge >= 0.3 is 11.9 Å². The molecule has 0 saturated carbocycles. The molecule has 4 N–H and O–H groups in total. The van der Waals surface area contributed by atoms with Crippen molar-refractivity contribution in [1.29, 1.82) is 0 Å². The molecule has 1 aromatic carbocycles. The number of rotatable bonds is 5. The van der Waals surface area contributed by atoms with E-state index in [0.29, 0.717) is 0 Å². The van der Waals surface area contributed by atoms with Crippen LogP contribution in [0.5, 0.6) is 0 Å². The molecule has 0 heterocycles. The first kappa shape index (κ1) is 14.9. The summed E-state index contributed by atoms with van der Waals surface area (Å²) in [6.45, 7) is 0.00398. The third-order valence-electron chi connectivity index (χ3n) is 1.55. The van der Waals surface area contributed by atoms with Crippen molar-refractivity contribution < 1.29 is 19.8 Å². The minimum Gasteiger partial charge on any atom is -0.480 e. The van der Waals surface area contributed by atoms with E-state index in [1.807, 2.05) is 30.3 Å². The SMILES string of the molecule is CNCC(=O)O.O=C(O)CNc1ccccc1. The largest absolute Gasteiger partial charge is 0.480 e. The van der Waals surface area contributed by atoms with Crippen molar-refractivity contribution in [3.05, 3.63) is 30.3 Å². The molecule has 17 heavy (non-hydrogen) atoms. The average Bonchev–Trinajstić information content (AvgIpc) is 2.28. The summed E-state index contributed by atoms with van der Waals surface area (Å²) in [6.07, 6.45) is 0. The molecule has 0 bridgehead atoms. The molecule has 0 fully saturated rings. The van der Waals surface area contributed by atoms with Gasteiger partial charge in [0.1, 0.15) is 6.54 Å². The Labute approximate surface area is 99.3 Å². The molecular weight excluding hydrogens is 224 g/mol. The van der Waals surface area contributed by atoms with Crippen molar-refractivity contribution in [2.24, 2.45) is 0 Å². The standard InChI is InChI=1S/C8H9NO2.C3H7NO2/c10-8(11)6-9-7-4-2-1-3-5-7;1-4-2-3(5)6/h1-5,9H,6H2,(H,10,11);4H,2H2,1H3,(H,5,6). The lowest BCUT2D eigenvalue weighted by Crippen LogP contribution is -2.16. The lowest BCUT2D eigenvalue weighted by Gasteiger charge is -2.00. The van der Waals surface area contributed by atoms with Crippen LogP contribution >= 0.6 is 0 Å². The fourth-order valence-corrected chi connectivity index (χ4v) is 0.885. The highest BCUT2D eigenvalue weighted by Gasteiger charge is 1.94. The molecule has 1 rings (SSSR count). The third-order valence-corrected chi connectivity index (χ3v) is 1.55. The zero-order valence-electron chi connectivity index (χ0n) is 9.51. The molecule has 0 amide bonds. The van der Waals surface area contributed by atoms with Gasteiger partial charge in [-0.2, -0.15) is 0 Å². The predicted molar refractivity (Wildman–Crippen MR) is 64.1 cm³/mol. The van der Waals surface area contributed by atoms with E-state index in [0.717, 1.165) is 5.69 Å². The van der Waals surface area contributed by atoms with Crippen LogP contribution in [0.15, 0.2) is 30.3 Å². The van der Waals surface area contributed by atoms with Gasteiger partial charge in [-0.3, -0.25) is 9.59 Å². The number of aliphatic carboxylic acids is 2. The molecule has 0 aliphatic rings. The topological polar surface area (TPSA) is 98.7 Å². The van der Waals surface area contributed by atoms with Crippen molar-refractivity contribution in [3.8, 4) is 0 Å². The average molecular weight is 240 g/mol. The Morgan fingerprint density at radius 3 is 1.94 bits per heavy atom. The predicted octanol–water partition coefficient (Wildman–Crippen LogP) is 0.474. The molecule has 0 unspecified atom stereocenters.